The van der Waals surface area contributed by atoms with Crippen molar-refractivity contribution in [3.8, 4) is 5.75 Å². The van der Waals surface area contributed by atoms with Crippen LogP contribution in [0, 0.1) is 5.82 Å². The van der Waals surface area contributed by atoms with Crippen LogP contribution in [-0.2, 0) is 0 Å². The maximum absolute atomic E-state index is 13.1. The lowest BCUT2D eigenvalue weighted by molar-refractivity contribution is 0.191. The van der Waals surface area contributed by atoms with Crippen molar-refractivity contribution in [2.75, 3.05) is 19.0 Å². The number of anilines is 1. The molecular weight excluding hydrogens is 316 g/mol. The van der Waals surface area contributed by atoms with E-state index in [1.54, 1.807) is 24.3 Å². The normalized spacial score (nSPS) is 12.0. The van der Waals surface area contributed by atoms with Gasteiger partial charge in [-0.25, -0.2) is 4.39 Å². The lowest BCUT2D eigenvalue weighted by Crippen LogP contribution is -2.13. The van der Waals surface area contributed by atoms with Gasteiger partial charge in [0.1, 0.15) is 11.6 Å². The van der Waals surface area contributed by atoms with Gasteiger partial charge in [-0.1, -0.05) is 23.2 Å². The molecule has 0 fully saturated rings. The number of rotatable bonds is 5. The summed E-state index contributed by atoms with van der Waals surface area (Å²) >= 11 is 11.9. The molecule has 0 amide bonds. The Kier molecular flexibility index (Phi) is 5.28. The molecule has 6 heteroatoms. The summed E-state index contributed by atoms with van der Waals surface area (Å²) in [5.41, 5.74) is 1.11. The number of hydrogen-bond acceptors (Lipinski definition) is 3. The molecule has 2 rings (SSSR count). The van der Waals surface area contributed by atoms with Crippen LogP contribution in [0.1, 0.15) is 11.7 Å². The molecule has 2 aromatic rings. The standard InChI is InChI=1S/C15H14Cl2FNO2/c1-21-15-7-10(18)3-5-13(15)19-8-14(20)11-6-9(16)2-4-12(11)17/h2-7,14,19-20H,8H2,1H3. The summed E-state index contributed by atoms with van der Waals surface area (Å²) in [5, 5.41) is 14.1. The minimum Gasteiger partial charge on any atom is -0.494 e. The molecule has 0 aliphatic rings. The number of methoxy groups -OCH3 is 1. The number of benzene rings is 2. The fourth-order valence-corrected chi connectivity index (χ4v) is 2.32. The molecule has 21 heavy (non-hydrogen) atoms. The van der Waals surface area contributed by atoms with Crippen LogP contribution in [0.25, 0.3) is 0 Å². The second kappa shape index (κ2) is 6.98. The predicted molar refractivity (Wildman–Crippen MR) is 82.9 cm³/mol. The summed E-state index contributed by atoms with van der Waals surface area (Å²) < 4.78 is 18.2. The van der Waals surface area contributed by atoms with Crippen molar-refractivity contribution in [1.29, 1.82) is 0 Å². The van der Waals surface area contributed by atoms with Crippen LogP contribution in [0.5, 0.6) is 5.75 Å². The van der Waals surface area contributed by atoms with Crippen molar-refractivity contribution in [2.45, 2.75) is 6.10 Å². The Morgan fingerprint density at radius 2 is 2.00 bits per heavy atom. The van der Waals surface area contributed by atoms with Gasteiger partial charge in [-0.2, -0.15) is 0 Å². The van der Waals surface area contributed by atoms with Crippen LogP contribution in [0.2, 0.25) is 10.0 Å². The van der Waals surface area contributed by atoms with E-state index in [9.17, 15) is 9.50 Å². The minimum absolute atomic E-state index is 0.183. The molecule has 112 valence electrons. The molecule has 0 radical (unpaired) electrons. The summed E-state index contributed by atoms with van der Waals surface area (Å²) in [6, 6.07) is 9.00. The molecule has 0 heterocycles. The van der Waals surface area contributed by atoms with Crippen LogP contribution in [-0.4, -0.2) is 18.8 Å². The number of ether oxygens (including phenoxy) is 1. The topological polar surface area (TPSA) is 41.5 Å². The van der Waals surface area contributed by atoms with Crippen LogP contribution in [0.15, 0.2) is 36.4 Å². The molecule has 0 saturated carbocycles. The van der Waals surface area contributed by atoms with Gasteiger partial charge in [-0.15, -0.1) is 0 Å². The van der Waals surface area contributed by atoms with Gasteiger partial charge < -0.3 is 15.2 Å². The van der Waals surface area contributed by atoms with Gasteiger partial charge in [-0.05, 0) is 30.3 Å². The predicted octanol–water partition coefficient (Wildman–Crippen LogP) is 4.29. The first-order valence-electron chi connectivity index (χ1n) is 6.21. The second-order valence-corrected chi connectivity index (χ2v) is 5.25. The Hall–Kier alpha value is -1.49. The number of hydrogen-bond donors (Lipinski definition) is 2. The fraction of sp³-hybridized carbons (Fsp3) is 0.200. The Balaban J connectivity index is 2.10. The highest BCUT2D eigenvalue weighted by molar-refractivity contribution is 6.33. The summed E-state index contributed by atoms with van der Waals surface area (Å²) in [7, 11) is 1.45. The molecule has 0 aliphatic carbocycles. The molecular formula is C15H14Cl2FNO2. The van der Waals surface area contributed by atoms with Crippen LogP contribution >= 0.6 is 23.2 Å². The first-order valence-corrected chi connectivity index (χ1v) is 6.97. The monoisotopic (exact) mass is 329 g/mol. The van der Waals surface area contributed by atoms with E-state index in [0.717, 1.165) is 0 Å². The van der Waals surface area contributed by atoms with E-state index in [-0.39, 0.29) is 6.54 Å². The van der Waals surface area contributed by atoms with E-state index in [1.807, 2.05) is 0 Å². The molecule has 2 aromatic carbocycles. The summed E-state index contributed by atoms with van der Waals surface area (Å²) in [6.45, 7) is 0.183. The summed E-state index contributed by atoms with van der Waals surface area (Å²) in [6.07, 6.45) is -0.856. The molecule has 1 unspecified atom stereocenters. The average molecular weight is 330 g/mol. The van der Waals surface area contributed by atoms with E-state index >= 15 is 0 Å². The molecule has 0 aromatic heterocycles. The number of aliphatic hydroxyl groups excluding tert-OH is 1. The highest BCUT2D eigenvalue weighted by Crippen LogP contribution is 2.29. The number of nitrogens with one attached hydrogen (secondary N) is 1. The van der Waals surface area contributed by atoms with Crippen molar-refractivity contribution in [3.63, 3.8) is 0 Å². The molecule has 3 nitrogen and oxygen atoms in total. The maximum Gasteiger partial charge on any atom is 0.144 e. The molecule has 0 aliphatic heterocycles. The van der Waals surface area contributed by atoms with Crippen molar-refractivity contribution in [2.24, 2.45) is 0 Å². The van der Waals surface area contributed by atoms with Gasteiger partial charge in [0.05, 0.1) is 18.9 Å². The van der Waals surface area contributed by atoms with Crippen LogP contribution in [0.3, 0.4) is 0 Å². The Bertz CT molecular complexity index is 637. The summed E-state index contributed by atoms with van der Waals surface area (Å²) in [4.78, 5) is 0. The van der Waals surface area contributed by atoms with Gasteiger partial charge in [0.25, 0.3) is 0 Å². The third-order valence-corrected chi connectivity index (χ3v) is 3.55. The Labute approximate surface area is 132 Å². The maximum atomic E-state index is 13.1. The smallest absolute Gasteiger partial charge is 0.144 e. The van der Waals surface area contributed by atoms with Crippen molar-refractivity contribution < 1.29 is 14.2 Å². The average Bonchev–Trinajstić information content (AvgIpc) is 2.48. The summed E-state index contributed by atoms with van der Waals surface area (Å²) in [5.74, 6) is -0.0322. The van der Waals surface area contributed by atoms with Gasteiger partial charge >= 0.3 is 0 Å². The first kappa shape index (κ1) is 15.9. The lowest BCUT2D eigenvalue weighted by Gasteiger charge is -2.16. The highest BCUT2D eigenvalue weighted by atomic mass is 35.5. The largest absolute Gasteiger partial charge is 0.494 e. The van der Waals surface area contributed by atoms with Gasteiger partial charge in [-0.3, -0.25) is 0 Å². The molecule has 1 atom stereocenters. The minimum atomic E-state index is -0.856. The zero-order chi connectivity index (χ0) is 15.4. The van der Waals surface area contributed by atoms with Crippen LogP contribution < -0.4 is 10.1 Å². The van der Waals surface area contributed by atoms with E-state index in [4.69, 9.17) is 27.9 Å². The van der Waals surface area contributed by atoms with E-state index in [1.165, 1.54) is 19.2 Å². The van der Waals surface area contributed by atoms with Crippen molar-refractivity contribution >= 4 is 28.9 Å². The molecule has 0 saturated heterocycles. The molecule has 0 bridgehead atoms. The van der Waals surface area contributed by atoms with Gasteiger partial charge in [0.15, 0.2) is 0 Å². The van der Waals surface area contributed by atoms with Crippen molar-refractivity contribution in [1.82, 2.24) is 0 Å². The second-order valence-electron chi connectivity index (χ2n) is 4.41. The van der Waals surface area contributed by atoms with E-state index in [2.05, 4.69) is 5.32 Å². The Morgan fingerprint density at radius 3 is 2.71 bits per heavy atom. The Morgan fingerprint density at radius 1 is 1.24 bits per heavy atom. The first-order chi connectivity index (χ1) is 10.0. The lowest BCUT2D eigenvalue weighted by atomic mass is 10.1. The third kappa shape index (κ3) is 4.00. The SMILES string of the molecule is COc1cc(F)ccc1NCC(O)c1cc(Cl)ccc1Cl. The molecule has 2 N–H and O–H groups in total. The quantitative estimate of drug-likeness (QED) is 0.859. The molecule has 0 spiro atoms. The van der Waals surface area contributed by atoms with E-state index in [0.29, 0.717) is 27.0 Å². The zero-order valence-electron chi connectivity index (χ0n) is 11.2. The van der Waals surface area contributed by atoms with Gasteiger partial charge in [0, 0.05) is 28.2 Å². The van der Waals surface area contributed by atoms with E-state index < -0.39 is 11.9 Å². The van der Waals surface area contributed by atoms with Crippen LogP contribution in [0.4, 0.5) is 10.1 Å². The number of halogens is 3. The highest BCUT2D eigenvalue weighted by Gasteiger charge is 2.13. The number of aliphatic hydroxyl groups is 1. The third-order valence-electron chi connectivity index (χ3n) is 2.97. The fourth-order valence-electron chi connectivity index (χ4n) is 1.90. The van der Waals surface area contributed by atoms with Crippen molar-refractivity contribution in [3.05, 3.63) is 57.8 Å². The van der Waals surface area contributed by atoms with Gasteiger partial charge in [0.2, 0.25) is 0 Å². The zero-order valence-corrected chi connectivity index (χ0v) is 12.7.